The van der Waals surface area contributed by atoms with E-state index in [1.165, 1.54) is 4.40 Å². The van der Waals surface area contributed by atoms with Gasteiger partial charge in [0.15, 0.2) is 0 Å². The molecule has 0 aromatic carbocycles. The lowest BCUT2D eigenvalue weighted by Gasteiger charge is -2.18. The van der Waals surface area contributed by atoms with Gasteiger partial charge in [-0.15, -0.1) is 0 Å². The molecular formula is C18H14ClN3O. The summed E-state index contributed by atoms with van der Waals surface area (Å²) in [5.74, 6) is 0. The molecule has 0 amide bonds. The van der Waals surface area contributed by atoms with Crippen LogP contribution in [0.2, 0.25) is 5.02 Å². The van der Waals surface area contributed by atoms with Gasteiger partial charge < -0.3 is 0 Å². The standard InChI is InChI=1S/C18H14ClN3O/c19-14-6-7-16-21-17-13(9-12-3-2-8-20-10-12)4-1-5-15(17)18(23)22(16)11-14/h2-3,6-11H,1,4-5H2/b13-9-. The molecule has 0 radical (unpaired) electrons. The SMILES string of the molecule is O=c1c2c(nc3ccc(Cl)cn13)/C(=C\c1cccnc1)CCC2. The van der Waals surface area contributed by atoms with Crippen LogP contribution in [0.4, 0.5) is 0 Å². The summed E-state index contributed by atoms with van der Waals surface area (Å²) in [5.41, 5.74) is 4.29. The van der Waals surface area contributed by atoms with Crippen molar-refractivity contribution >= 4 is 28.9 Å². The Morgan fingerprint density at radius 1 is 1.22 bits per heavy atom. The number of halogens is 1. The van der Waals surface area contributed by atoms with E-state index in [0.717, 1.165) is 41.7 Å². The maximum absolute atomic E-state index is 12.7. The fourth-order valence-electron chi connectivity index (χ4n) is 3.02. The smallest absolute Gasteiger partial charge is 0.261 e. The van der Waals surface area contributed by atoms with E-state index in [2.05, 4.69) is 11.1 Å². The predicted molar refractivity (Wildman–Crippen MR) is 91.5 cm³/mol. The zero-order valence-corrected chi connectivity index (χ0v) is 13.1. The summed E-state index contributed by atoms with van der Waals surface area (Å²) in [6.07, 6.45) is 9.88. The van der Waals surface area contributed by atoms with Crippen molar-refractivity contribution in [3.8, 4) is 0 Å². The minimum Gasteiger partial charge on any atom is -0.269 e. The summed E-state index contributed by atoms with van der Waals surface area (Å²) >= 11 is 6.00. The van der Waals surface area contributed by atoms with E-state index in [9.17, 15) is 4.79 Å². The highest BCUT2D eigenvalue weighted by Gasteiger charge is 2.20. The van der Waals surface area contributed by atoms with Crippen LogP contribution in [-0.4, -0.2) is 14.4 Å². The molecule has 4 nitrogen and oxygen atoms in total. The van der Waals surface area contributed by atoms with E-state index in [4.69, 9.17) is 16.6 Å². The molecule has 0 aliphatic heterocycles. The Labute approximate surface area is 138 Å². The summed E-state index contributed by atoms with van der Waals surface area (Å²) in [6.45, 7) is 0. The van der Waals surface area contributed by atoms with E-state index < -0.39 is 0 Å². The Morgan fingerprint density at radius 2 is 2.13 bits per heavy atom. The molecule has 0 N–H and O–H groups in total. The number of aromatic nitrogens is 3. The van der Waals surface area contributed by atoms with Crippen LogP contribution in [0.25, 0.3) is 17.3 Å². The molecule has 23 heavy (non-hydrogen) atoms. The van der Waals surface area contributed by atoms with Crippen LogP contribution in [0.3, 0.4) is 0 Å². The molecule has 3 aromatic heterocycles. The highest BCUT2D eigenvalue weighted by Crippen LogP contribution is 2.29. The number of allylic oxidation sites excluding steroid dienone is 1. The van der Waals surface area contributed by atoms with Crippen molar-refractivity contribution in [2.24, 2.45) is 0 Å². The first-order chi connectivity index (χ1) is 11.2. The van der Waals surface area contributed by atoms with E-state index >= 15 is 0 Å². The summed E-state index contributed by atoms with van der Waals surface area (Å²) in [5, 5.41) is 0.531. The molecule has 0 spiro atoms. The minimum atomic E-state index is -0.0238. The third-order valence-corrected chi connectivity index (χ3v) is 4.31. The normalized spacial score (nSPS) is 15.8. The van der Waals surface area contributed by atoms with E-state index in [-0.39, 0.29) is 5.56 Å². The Morgan fingerprint density at radius 3 is 2.96 bits per heavy atom. The van der Waals surface area contributed by atoms with Gasteiger partial charge in [0, 0.05) is 24.2 Å². The van der Waals surface area contributed by atoms with Gasteiger partial charge in [-0.25, -0.2) is 4.98 Å². The Hall–Kier alpha value is -2.46. The van der Waals surface area contributed by atoms with E-state index in [1.54, 1.807) is 24.5 Å². The lowest BCUT2D eigenvalue weighted by molar-refractivity contribution is 0.787. The zero-order chi connectivity index (χ0) is 15.8. The first-order valence-corrected chi connectivity index (χ1v) is 7.92. The number of pyridine rings is 2. The van der Waals surface area contributed by atoms with Gasteiger partial charge in [0.25, 0.3) is 5.56 Å². The van der Waals surface area contributed by atoms with Crippen molar-refractivity contribution in [3.05, 3.63) is 75.1 Å². The average molecular weight is 324 g/mol. The molecule has 3 aromatic rings. The van der Waals surface area contributed by atoms with Crippen molar-refractivity contribution in [1.29, 1.82) is 0 Å². The van der Waals surface area contributed by atoms with Crippen LogP contribution in [-0.2, 0) is 6.42 Å². The topological polar surface area (TPSA) is 47.3 Å². The molecule has 3 heterocycles. The fraction of sp³-hybridized carbons (Fsp3) is 0.167. The van der Waals surface area contributed by atoms with Crippen LogP contribution in [0.15, 0.2) is 47.7 Å². The maximum Gasteiger partial charge on any atom is 0.261 e. The lowest BCUT2D eigenvalue weighted by Crippen LogP contribution is -2.24. The summed E-state index contributed by atoms with van der Waals surface area (Å²) < 4.78 is 1.54. The molecule has 0 bridgehead atoms. The number of hydrogen-bond donors (Lipinski definition) is 0. The molecule has 0 saturated heterocycles. The van der Waals surface area contributed by atoms with Gasteiger partial charge in [0.2, 0.25) is 0 Å². The van der Waals surface area contributed by atoms with Gasteiger partial charge >= 0.3 is 0 Å². The maximum atomic E-state index is 12.7. The van der Waals surface area contributed by atoms with Crippen molar-refractivity contribution in [3.63, 3.8) is 0 Å². The number of nitrogens with zero attached hydrogens (tertiary/aromatic N) is 3. The summed E-state index contributed by atoms with van der Waals surface area (Å²) in [7, 11) is 0. The summed E-state index contributed by atoms with van der Waals surface area (Å²) in [6, 6.07) is 7.44. The van der Waals surface area contributed by atoms with Crippen LogP contribution in [0, 0.1) is 0 Å². The first kappa shape index (κ1) is 14.2. The molecule has 1 aliphatic carbocycles. The minimum absolute atomic E-state index is 0.0238. The highest BCUT2D eigenvalue weighted by atomic mass is 35.5. The Bertz CT molecular complexity index is 977. The zero-order valence-electron chi connectivity index (χ0n) is 12.4. The monoisotopic (exact) mass is 323 g/mol. The van der Waals surface area contributed by atoms with Gasteiger partial charge in [0.05, 0.1) is 10.7 Å². The predicted octanol–water partition coefficient (Wildman–Crippen LogP) is 3.62. The summed E-state index contributed by atoms with van der Waals surface area (Å²) in [4.78, 5) is 21.6. The van der Waals surface area contributed by atoms with Crippen molar-refractivity contribution in [1.82, 2.24) is 14.4 Å². The van der Waals surface area contributed by atoms with Gasteiger partial charge in [-0.2, -0.15) is 0 Å². The Kier molecular flexibility index (Phi) is 3.46. The van der Waals surface area contributed by atoms with Crippen molar-refractivity contribution in [2.75, 3.05) is 0 Å². The number of rotatable bonds is 1. The molecule has 4 rings (SSSR count). The molecular weight excluding hydrogens is 310 g/mol. The van der Waals surface area contributed by atoms with Crippen LogP contribution in [0.5, 0.6) is 0 Å². The van der Waals surface area contributed by atoms with E-state index in [0.29, 0.717) is 10.7 Å². The van der Waals surface area contributed by atoms with Gasteiger partial charge in [0.1, 0.15) is 5.65 Å². The second-order valence-electron chi connectivity index (χ2n) is 5.63. The third-order valence-electron chi connectivity index (χ3n) is 4.08. The molecule has 0 atom stereocenters. The third kappa shape index (κ3) is 2.55. The van der Waals surface area contributed by atoms with Gasteiger partial charge in [-0.3, -0.25) is 14.2 Å². The number of fused-ring (bicyclic) bond motifs is 2. The molecule has 0 saturated carbocycles. The molecule has 1 aliphatic rings. The Balaban J connectivity index is 1.95. The molecule has 0 unspecified atom stereocenters. The van der Waals surface area contributed by atoms with Crippen molar-refractivity contribution < 1.29 is 0 Å². The second kappa shape index (κ2) is 5.63. The molecule has 114 valence electrons. The van der Waals surface area contributed by atoms with Crippen LogP contribution < -0.4 is 5.56 Å². The second-order valence-corrected chi connectivity index (χ2v) is 6.07. The lowest BCUT2D eigenvalue weighted by atomic mass is 9.91. The quantitative estimate of drug-likeness (QED) is 0.687. The van der Waals surface area contributed by atoms with Crippen LogP contribution >= 0.6 is 11.6 Å². The first-order valence-electron chi connectivity index (χ1n) is 7.54. The highest BCUT2D eigenvalue weighted by molar-refractivity contribution is 6.30. The fourth-order valence-corrected chi connectivity index (χ4v) is 3.18. The average Bonchev–Trinajstić information content (AvgIpc) is 2.57. The molecule has 0 fully saturated rings. The van der Waals surface area contributed by atoms with Crippen molar-refractivity contribution in [2.45, 2.75) is 19.3 Å². The van der Waals surface area contributed by atoms with Gasteiger partial charge in [-0.1, -0.05) is 17.7 Å². The number of hydrogen-bond acceptors (Lipinski definition) is 3. The van der Waals surface area contributed by atoms with Crippen LogP contribution in [0.1, 0.15) is 29.7 Å². The largest absolute Gasteiger partial charge is 0.269 e. The molecule has 5 heteroatoms. The van der Waals surface area contributed by atoms with Gasteiger partial charge in [-0.05, 0) is 54.7 Å². The van der Waals surface area contributed by atoms with E-state index in [1.807, 2.05) is 18.3 Å².